The molecule has 5 heteroatoms. The Bertz CT molecular complexity index is 571. The molecule has 1 saturated carbocycles. The van der Waals surface area contributed by atoms with Crippen LogP contribution < -0.4 is 9.47 Å². The van der Waals surface area contributed by atoms with Gasteiger partial charge in [0.15, 0.2) is 11.5 Å². The monoisotopic (exact) mass is 319 g/mol. The Morgan fingerprint density at radius 2 is 2.14 bits per heavy atom. The van der Waals surface area contributed by atoms with Crippen LogP contribution in [0.2, 0.25) is 0 Å². The lowest BCUT2D eigenvalue weighted by atomic mass is 9.88. The number of ether oxygens (including phenoxy) is 2. The van der Waals surface area contributed by atoms with Gasteiger partial charge in [-0.1, -0.05) is 18.9 Å². The van der Waals surface area contributed by atoms with Crippen LogP contribution in [0.15, 0.2) is 23.2 Å². The van der Waals surface area contributed by atoms with E-state index >= 15 is 0 Å². The van der Waals surface area contributed by atoms with Crippen molar-refractivity contribution in [2.75, 3.05) is 18.6 Å². The number of hydrogen-bond donors (Lipinski definition) is 0. The topological polar surface area (TPSA) is 47.9 Å². The van der Waals surface area contributed by atoms with Crippen LogP contribution in [0.25, 0.3) is 0 Å². The van der Waals surface area contributed by atoms with Crippen LogP contribution >= 0.6 is 11.8 Å². The van der Waals surface area contributed by atoms with Crippen LogP contribution in [-0.2, 0) is 10.3 Å². The fourth-order valence-corrected chi connectivity index (χ4v) is 4.45. The third-order valence-electron chi connectivity index (χ3n) is 4.57. The Morgan fingerprint density at radius 1 is 1.32 bits per heavy atom. The first kappa shape index (κ1) is 15.4. The van der Waals surface area contributed by atoms with Gasteiger partial charge in [0.25, 0.3) is 0 Å². The number of nitrogens with zero attached hydrogens (tertiary/aromatic N) is 1. The van der Waals surface area contributed by atoms with Crippen molar-refractivity contribution in [1.29, 1.82) is 0 Å². The Hall–Kier alpha value is -1.45. The van der Waals surface area contributed by atoms with Gasteiger partial charge in [-0.25, -0.2) is 4.79 Å². The van der Waals surface area contributed by atoms with Crippen molar-refractivity contribution in [2.45, 2.75) is 43.7 Å². The van der Waals surface area contributed by atoms with E-state index in [1.807, 2.05) is 30.0 Å². The zero-order chi connectivity index (χ0) is 15.4. The molecule has 3 rings (SSSR count). The summed E-state index contributed by atoms with van der Waals surface area (Å²) in [6.45, 7) is 0. The molecule has 22 heavy (non-hydrogen) atoms. The minimum atomic E-state index is -0.420. The highest BCUT2D eigenvalue weighted by molar-refractivity contribution is 7.99. The molecule has 1 aliphatic heterocycles. The van der Waals surface area contributed by atoms with Gasteiger partial charge in [0, 0.05) is 5.75 Å². The minimum Gasteiger partial charge on any atom is -0.493 e. The predicted molar refractivity (Wildman–Crippen MR) is 87.6 cm³/mol. The standard InChI is InChI=1S/C17H21NO3S/c1-20-15-5-4-13(17(18-12-19)7-2-3-8-17)10-16(15)21-14-6-9-22-11-14/h4-5,10,14H,2-3,6-9,11H2,1H3. The van der Waals surface area contributed by atoms with E-state index in [1.54, 1.807) is 13.2 Å². The number of benzene rings is 1. The molecule has 0 N–H and O–H groups in total. The minimum absolute atomic E-state index is 0.239. The fraction of sp³-hybridized carbons (Fsp3) is 0.588. The molecule has 1 aliphatic carbocycles. The van der Waals surface area contributed by atoms with Crippen LogP contribution in [0.4, 0.5) is 0 Å². The third-order valence-corrected chi connectivity index (χ3v) is 5.70. The molecule has 1 unspecified atom stereocenters. The molecule has 0 aromatic heterocycles. The zero-order valence-electron chi connectivity index (χ0n) is 12.8. The molecule has 0 radical (unpaired) electrons. The molecule has 0 spiro atoms. The molecule has 1 aromatic rings. The van der Waals surface area contributed by atoms with Crippen LogP contribution in [0.1, 0.15) is 37.7 Å². The van der Waals surface area contributed by atoms with E-state index in [-0.39, 0.29) is 6.10 Å². The molecule has 1 saturated heterocycles. The van der Waals surface area contributed by atoms with E-state index in [1.165, 1.54) is 0 Å². The molecule has 1 aromatic carbocycles. The van der Waals surface area contributed by atoms with Crippen molar-refractivity contribution in [3.05, 3.63) is 23.8 Å². The van der Waals surface area contributed by atoms with Gasteiger partial charge in [-0.05, 0) is 42.7 Å². The van der Waals surface area contributed by atoms with Crippen LogP contribution in [0.3, 0.4) is 0 Å². The number of aliphatic imine (C=N–C) groups is 1. The van der Waals surface area contributed by atoms with Crippen molar-refractivity contribution in [2.24, 2.45) is 4.99 Å². The lowest BCUT2D eigenvalue weighted by Crippen LogP contribution is -2.20. The van der Waals surface area contributed by atoms with Crippen LogP contribution in [0, 0.1) is 0 Å². The number of thioether (sulfide) groups is 1. The molecule has 4 nitrogen and oxygen atoms in total. The number of isocyanates is 1. The lowest BCUT2D eigenvalue weighted by Gasteiger charge is -2.25. The Labute approximate surface area is 135 Å². The number of rotatable bonds is 5. The van der Waals surface area contributed by atoms with Gasteiger partial charge in [-0.2, -0.15) is 16.8 Å². The SMILES string of the molecule is COc1ccc(C2(N=C=O)CCCC2)cc1OC1CCSC1. The van der Waals surface area contributed by atoms with Crippen LogP contribution in [-0.4, -0.2) is 30.8 Å². The predicted octanol–water partition coefficient (Wildman–Crippen LogP) is 3.68. The highest BCUT2D eigenvalue weighted by Crippen LogP contribution is 2.44. The van der Waals surface area contributed by atoms with Crippen molar-refractivity contribution < 1.29 is 14.3 Å². The summed E-state index contributed by atoms with van der Waals surface area (Å²) in [6, 6.07) is 5.93. The van der Waals surface area contributed by atoms with Gasteiger partial charge in [0.2, 0.25) is 6.08 Å². The summed E-state index contributed by atoms with van der Waals surface area (Å²) < 4.78 is 11.6. The molecule has 0 amide bonds. The van der Waals surface area contributed by atoms with E-state index in [0.717, 1.165) is 60.7 Å². The summed E-state index contributed by atoms with van der Waals surface area (Å²) in [6.07, 6.45) is 7.05. The molecule has 118 valence electrons. The quantitative estimate of drug-likeness (QED) is 0.613. The first-order valence-corrected chi connectivity index (χ1v) is 8.95. The number of hydrogen-bond acceptors (Lipinski definition) is 5. The van der Waals surface area contributed by atoms with Gasteiger partial charge < -0.3 is 9.47 Å². The van der Waals surface area contributed by atoms with Crippen molar-refractivity contribution in [1.82, 2.24) is 0 Å². The van der Waals surface area contributed by atoms with Gasteiger partial charge in [0.1, 0.15) is 6.10 Å². The van der Waals surface area contributed by atoms with Gasteiger partial charge >= 0.3 is 0 Å². The maximum Gasteiger partial charge on any atom is 0.235 e. The van der Waals surface area contributed by atoms with Gasteiger partial charge in [-0.15, -0.1) is 0 Å². The summed E-state index contributed by atoms with van der Waals surface area (Å²) in [5, 5.41) is 0. The largest absolute Gasteiger partial charge is 0.493 e. The molecule has 0 bridgehead atoms. The van der Waals surface area contributed by atoms with Crippen molar-refractivity contribution in [3.63, 3.8) is 0 Å². The maximum absolute atomic E-state index is 10.9. The molecule has 1 atom stereocenters. The smallest absolute Gasteiger partial charge is 0.235 e. The molecular formula is C17H21NO3S. The Balaban J connectivity index is 1.93. The second-order valence-electron chi connectivity index (χ2n) is 5.91. The van der Waals surface area contributed by atoms with Crippen molar-refractivity contribution >= 4 is 17.8 Å². The van der Waals surface area contributed by atoms with E-state index in [4.69, 9.17) is 9.47 Å². The second kappa shape index (κ2) is 6.76. The van der Waals surface area contributed by atoms with Gasteiger partial charge in [0.05, 0.1) is 12.6 Å². The molecule has 2 aliphatic rings. The van der Waals surface area contributed by atoms with Crippen molar-refractivity contribution in [3.8, 4) is 11.5 Å². The van der Waals surface area contributed by atoms with E-state index in [2.05, 4.69) is 4.99 Å². The van der Waals surface area contributed by atoms with E-state index < -0.39 is 5.54 Å². The average molecular weight is 319 g/mol. The second-order valence-corrected chi connectivity index (χ2v) is 7.06. The summed E-state index contributed by atoms with van der Waals surface area (Å²) in [7, 11) is 1.65. The summed E-state index contributed by atoms with van der Waals surface area (Å²) in [4.78, 5) is 15.0. The fourth-order valence-electron chi connectivity index (χ4n) is 3.36. The lowest BCUT2D eigenvalue weighted by molar-refractivity contribution is 0.218. The molecule has 2 fully saturated rings. The number of carbonyl (C=O) groups excluding carboxylic acids is 1. The third kappa shape index (κ3) is 3.01. The number of methoxy groups -OCH3 is 1. The highest BCUT2D eigenvalue weighted by Gasteiger charge is 2.36. The summed E-state index contributed by atoms with van der Waals surface area (Å²) >= 11 is 1.92. The Morgan fingerprint density at radius 3 is 2.77 bits per heavy atom. The van der Waals surface area contributed by atoms with Crippen LogP contribution in [0.5, 0.6) is 11.5 Å². The van der Waals surface area contributed by atoms with Gasteiger partial charge in [-0.3, -0.25) is 0 Å². The highest BCUT2D eigenvalue weighted by atomic mass is 32.2. The zero-order valence-corrected chi connectivity index (χ0v) is 13.7. The van der Waals surface area contributed by atoms with E-state index in [0.29, 0.717) is 0 Å². The summed E-state index contributed by atoms with van der Waals surface area (Å²) in [5.74, 6) is 3.67. The maximum atomic E-state index is 10.9. The first-order chi connectivity index (χ1) is 10.8. The molecule has 1 heterocycles. The molecular weight excluding hydrogens is 298 g/mol. The Kier molecular flexibility index (Phi) is 4.74. The average Bonchev–Trinajstić information content (AvgIpc) is 3.20. The normalized spacial score (nSPS) is 23.0. The summed E-state index contributed by atoms with van der Waals surface area (Å²) in [5.41, 5.74) is 0.617. The first-order valence-electron chi connectivity index (χ1n) is 7.79. The van der Waals surface area contributed by atoms with E-state index in [9.17, 15) is 4.79 Å².